The smallest absolute Gasteiger partial charge is 0.270 e. The molecule has 19 nitrogen and oxygen atoms in total. The highest BCUT2D eigenvalue weighted by Crippen LogP contribution is 2.16. The molecule has 7 aromatic rings. The van der Waals surface area contributed by atoms with Gasteiger partial charge in [0.05, 0.1) is 26.3 Å². The molecule has 0 saturated carbocycles. The number of carbonyl (C=O) groups excluding carboxylic acids is 4. The molecule has 0 atom stereocenters. The van der Waals surface area contributed by atoms with Gasteiger partial charge in [-0.25, -0.2) is 24.8 Å². The highest BCUT2D eigenvalue weighted by atomic mass is 16.5. The Labute approximate surface area is 366 Å². The number of carbonyl (C=O) groups is 4. The molecule has 4 aromatic carbocycles. The van der Waals surface area contributed by atoms with Crippen molar-refractivity contribution in [3.63, 3.8) is 0 Å². The van der Waals surface area contributed by atoms with E-state index in [1.54, 1.807) is 60.7 Å². The monoisotopic (exact) mass is 849 g/mol. The maximum atomic E-state index is 12.7. The van der Waals surface area contributed by atoms with Gasteiger partial charge < -0.3 is 30.7 Å². The third-order valence-corrected chi connectivity index (χ3v) is 8.57. The number of amides is 4. The first-order valence-electron chi connectivity index (χ1n) is 20.6. The van der Waals surface area contributed by atoms with Crippen LogP contribution in [0.15, 0.2) is 122 Å². The van der Waals surface area contributed by atoms with Crippen molar-refractivity contribution in [3.8, 4) is 22.9 Å². The molecule has 5 N–H and O–H groups in total. The van der Waals surface area contributed by atoms with Crippen molar-refractivity contribution in [1.82, 2.24) is 61.8 Å². The number of aromatic nitrogens is 8. The van der Waals surface area contributed by atoms with Crippen molar-refractivity contribution < 1.29 is 34.1 Å². The normalized spacial score (nSPS) is 11.6. The number of nitrogens with zero attached hydrogens (tertiary/aromatic N) is 8. The first-order valence-corrected chi connectivity index (χ1v) is 18.6. The van der Waals surface area contributed by atoms with Gasteiger partial charge in [-0.3, -0.25) is 19.2 Å². The number of methoxy groups -OCH3 is 2. The van der Waals surface area contributed by atoms with E-state index in [1.807, 2.05) is 12.1 Å². The molecule has 63 heavy (non-hydrogen) atoms. The molecule has 19 heteroatoms. The zero-order chi connectivity index (χ0) is 48.0. The van der Waals surface area contributed by atoms with E-state index >= 15 is 0 Å². The van der Waals surface area contributed by atoms with Crippen molar-refractivity contribution in [1.29, 1.82) is 0 Å². The molecule has 0 bridgehead atoms. The zero-order valence-corrected chi connectivity index (χ0v) is 33.5. The van der Waals surface area contributed by atoms with Gasteiger partial charge in [0.1, 0.15) is 46.9 Å². The van der Waals surface area contributed by atoms with Gasteiger partial charge in [-0.15, -0.1) is 10.2 Å². The topological polar surface area (TPSA) is 245 Å². The van der Waals surface area contributed by atoms with E-state index in [0.717, 1.165) is 29.3 Å². The summed E-state index contributed by atoms with van der Waals surface area (Å²) in [6, 6.07) is 28.9. The van der Waals surface area contributed by atoms with Gasteiger partial charge in [0, 0.05) is 43.8 Å². The number of ether oxygens (including phenoxy) is 2. The number of hydrogen-bond acceptors (Lipinski definition) is 13. The van der Waals surface area contributed by atoms with Crippen molar-refractivity contribution in [2.45, 2.75) is 26.1 Å². The fourth-order valence-corrected chi connectivity index (χ4v) is 5.29. The highest BCUT2D eigenvalue weighted by Gasteiger charge is 2.15. The van der Waals surface area contributed by atoms with Crippen LogP contribution in [0.2, 0.25) is 0 Å². The number of benzene rings is 4. The van der Waals surface area contributed by atoms with Crippen LogP contribution in [0.4, 0.5) is 5.69 Å². The number of aromatic amines is 1. The first-order chi connectivity index (χ1) is 32.2. The van der Waals surface area contributed by atoms with Gasteiger partial charge in [-0.1, -0.05) is 72.8 Å². The van der Waals surface area contributed by atoms with Crippen molar-refractivity contribution in [2.75, 3.05) is 14.2 Å². The summed E-state index contributed by atoms with van der Waals surface area (Å²) in [5.74, 6) is -1.28. The molecule has 0 fully saturated rings. The van der Waals surface area contributed by atoms with Crippen LogP contribution in [0.1, 0.15) is 69.7 Å². The van der Waals surface area contributed by atoms with E-state index < -0.39 is 36.6 Å². The van der Waals surface area contributed by atoms with Crippen LogP contribution in [0.3, 0.4) is 0 Å². The number of rotatable bonds is 15. The molecule has 0 unspecified atom stereocenters. The molecule has 7 rings (SSSR count). The lowest BCUT2D eigenvalue weighted by Gasteiger charge is -2.08. The summed E-state index contributed by atoms with van der Waals surface area (Å²) in [6.07, 6.45) is 2.14. The molecule has 0 spiro atoms. The standard InChI is InChI=1S/C22H20N8O3.C22H19N5O3/c1-33-17-4-2-3-15(9-17)12-24-22(32)19-10-18(25-13-26-19)21(31)23-11-14-5-7-16(8-6-14)20-27-29-30-28-20;1-23-17-8-6-15(7-9-17)12-24-21(28)19-11-20(27-14-26-19)22(29)25-13-16-4-3-5-18(10-16)30-2/h2-10,13H,11-12H2,1H3,(H,23,31)(H,24,32)(H,27,28,29,30);3-11,14H,12-13H2,2H3,(H,24,28)(H,25,29)/i12D2;13D2. The number of tetrazole rings is 1. The third-order valence-electron chi connectivity index (χ3n) is 8.57. The summed E-state index contributed by atoms with van der Waals surface area (Å²) in [4.78, 5) is 69.1. The first kappa shape index (κ1) is 38.3. The lowest BCUT2D eigenvalue weighted by molar-refractivity contribution is 0.0928. The predicted octanol–water partition coefficient (Wildman–Crippen LogP) is 4.42. The van der Waals surface area contributed by atoms with Crippen LogP contribution < -0.4 is 30.7 Å². The van der Waals surface area contributed by atoms with Crippen LogP contribution in [-0.2, 0) is 26.1 Å². The minimum atomic E-state index is -2.20. The molecule has 4 amide bonds. The van der Waals surface area contributed by atoms with Gasteiger partial charge >= 0.3 is 0 Å². The highest BCUT2D eigenvalue weighted by molar-refractivity contribution is 5.98. The number of hydrogen-bond donors (Lipinski definition) is 5. The number of nitrogens with one attached hydrogen (secondary N) is 5. The average Bonchev–Trinajstić information content (AvgIpc) is 3.91. The Kier molecular flexibility index (Phi) is 13.3. The molecule has 0 aliphatic rings. The van der Waals surface area contributed by atoms with E-state index in [4.69, 9.17) is 21.5 Å². The lowest BCUT2D eigenvalue weighted by atomic mass is 10.1. The van der Waals surface area contributed by atoms with Gasteiger partial charge in [0.15, 0.2) is 5.69 Å². The SMILES string of the molecule is [2H]C([2H])(NC(=O)c1cc(C(=O)NCc2ccc(-c3nn[nH]n3)cc2)ncn1)c1cccc(OC)c1.[2H]C([2H])(NC(=O)c1cc(C(=O)NCc2ccc([N+]#[C-])cc2)ncn1)c1cccc(OC)c1. The Morgan fingerprint density at radius 2 is 1.05 bits per heavy atom. The fourth-order valence-electron chi connectivity index (χ4n) is 5.29. The fraction of sp³-hybridized carbons (Fsp3) is 0.136. The second-order valence-corrected chi connectivity index (χ2v) is 12.8. The molecule has 0 saturated heterocycles. The molecule has 3 heterocycles. The van der Waals surface area contributed by atoms with Gasteiger partial charge in [-0.2, -0.15) is 5.21 Å². The molecule has 3 aromatic heterocycles. The van der Waals surface area contributed by atoms with E-state index in [9.17, 15) is 19.2 Å². The maximum absolute atomic E-state index is 12.7. The zero-order valence-electron chi connectivity index (χ0n) is 37.5. The summed E-state index contributed by atoms with van der Waals surface area (Å²) in [5.41, 5.74) is 2.91. The van der Waals surface area contributed by atoms with E-state index in [2.05, 4.69) is 66.7 Å². The van der Waals surface area contributed by atoms with Crippen LogP contribution >= 0.6 is 0 Å². The van der Waals surface area contributed by atoms with Crippen molar-refractivity contribution in [2.24, 2.45) is 0 Å². The Balaban J connectivity index is 0.000000222. The summed E-state index contributed by atoms with van der Waals surface area (Å²) < 4.78 is 43.0. The molecule has 0 radical (unpaired) electrons. The second-order valence-electron chi connectivity index (χ2n) is 12.8. The van der Waals surface area contributed by atoms with Crippen LogP contribution in [0.25, 0.3) is 16.2 Å². The Bertz CT molecular complexity index is 2900. The molecular weight excluding hydrogens is 807 g/mol. The summed E-state index contributed by atoms with van der Waals surface area (Å²) >= 11 is 0. The predicted molar refractivity (Wildman–Crippen MR) is 227 cm³/mol. The van der Waals surface area contributed by atoms with E-state index in [0.29, 0.717) is 23.0 Å². The Morgan fingerprint density at radius 3 is 1.46 bits per heavy atom. The van der Waals surface area contributed by atoms with Crippen LogP contribution in [0.5, 0.6) is 11.5 Å². The summed E-state index contributed by atoms with van der Waals surface area (Å²) in [5, 5.41) is 23.7. The molecular formula is C44H39N13O6. The molecule has 316 valence electrons. The van der Waals surface area contributed by atoms with Crippen molar-refractivity contribution >= 4 is 29.3 Å². The Morgan fingerprint density at radius 1 is 0.603 bits per heavy atom. The minimum absolute atomic E-state index is 0.0319. The van der Waals surface area contributed by atoms with Crippen molar-refractivity contribution in [3.05, 3.63) is 178 Å². The van der Waals surface area contributed by atoms with E-state index in [1.165, 1.54) is 50.6 Å². The summed E-state index contributed by atoms with van der Waals surface area (Å²) in [6.45, 7) is 2.98. The van der Waals surface area contributed by atoms with Gasteiger partial charge in [0.25, 0.3) is 23.6 Å². The van der Waals surface area contributed by atoms with Gasteiger partial charge in [-0.05, 0) is 51.7 Å². The largest absolute Gasteiger partial charge is 0.497 e. The Hall–Kier alpha value is -8.92. The minimum Gasteiger partial charge on any atom is -0.497 e. The lowest BCUT2D eigenvalue weighted by Crippen LogP contribution is -2.27. The summed E-state index contributed by atoms with van der Waals surface area (Å²) in [7, 11) is 2.93. The molecule has 0 aliphatic heterocycles. The second kappa shape index (κ2) is 21.9. The number of H-pyrrole nitrogens is 1. The van der Waals surface area contributed by atoms with Crippen LogP contribution in [0, 0.1) is 6.57 Å². The molecule has 0 aliphatic carbocycles. The van der Waals surface area contributed by atoms with Gasteiger partial charge in [0.2, 0.25) is 5.82 Å². The quantitative estimate of drug-likeness (QED) is 0.0899. The van der Waals surface area contributed by atoms with E-state index in [-0.39, 0.29) is 47.0 Å². The maximum Gasteiger partial charge on any atom is 0.270 e. The van der Waals surface area contributed by atoms with Crippen LogP contribution in [-0.4, -0.2) is 78.4 Å². The average molecular weight is 850 g/mol. The third kappa shape index (κ3) is 12.8.